The van der Waals surface area contributed by atoms with Gasteiger partial charge in [-0.3, -0.25) is 4.68 Å². The summed E-state index contributed by atoms with van der Waals surface area (Å²) in [5.41, 5.74) is 2.63. The maximum Gasteiger partial charge on any atom is 0.163 e. The number of halogens is 1. The summed E-state index contributed by atoms with van der Waals surface area (Å²) in [7, 11) is 5.42. The first kappa shape index (κ1) is 16.5. The number of ether oxygens (including phenoxy) is 1. The summed E-state index contributed by atoms with van der Waals surface area (Å²) in [4.78, 5) is 14.5. The quantitative estimate of drug-likeness (QED) is 0.597. The number of methoxy groups -OCH3 is 1. The average Bonchev–Trinajstić information content (AvgIpc) is 3.17. The zero-order valence-corrected chi connectivity index (χ0v) is 14.8. The number of nitrogens with one attached hydrogen (secondary N) is 1. The van der Waals surface area contributed by atoms with E-state index in [0.717, 1.165) is 33.4 Å². The molecule has 1 aromatic carbocycles. The van der Waals surface area contributed by atoms with Crippen LogP contribution in [0.25, 0.3) is 21.9 Å². The fourth-order valence-corrected chi connectivity index (χ4v) is 3.11. The largest absolute Gasteiger partial charge is 0.377 e. The van der Waals surface area contributed by atoms with E-state index < -0.39 is 0 Å². The van der Waals surface area contributed by atoms with Crippen molar-refractivity contribution in [1.82, 2.24) is 24.7 Å². The summed E-state index contributed by atoms with van der Waals surface area (Å²) in [5.74, 6) is 1.14. The van der Waals surface area contributed by atoms with Crippen molar-refractivity contribution in [3.63, 3.8) is 0 Å². The topological polar surface area (TPSA) is 71.9 Å². The molecule has 4 aromatic rings. The summed E-state index contributed by atoms with van der Waals surface area (Å²) < 4.78 is 20.3. The van der Waals surface area contributed by atoms with E-state index in [1.165, 1.54) is 12.1 Å². The van der Waals surface area contributed by atoms with Crippen molar-refractivity contribution in [3.05, 3.63) is 47.8 Å². The molecule has 0 radical (unpaired) electrons. The van der Waals surface area contributed by atoms with Gasteiger partial charge in [0, 0.05) is 37.8 Å². The summed E-state index contributed by atoms with van der Waals surface area (Å²) in [6, 6.07) is 6.67. The number of H-pyrrole nitrogens is 1. The molecule has 3 heterocycles. The van der Waals surface area contributed by atoms with Gasteiger partial charge in [-0.25, -0.2) is 14.4 Å². The highest BCUT2D eigenvalue weighted by molar-refractivity contribution is 5.87. The minimum absolute atomic E-state index is 0.242. The molecule has 0 atom stereocenters. The van der Waals surface area contributed by atoms with Crippen LogP contribution in [0.2, 0.25) is 0 Å². The molecule has 0 saturated carbocycles. The van der Waals surface area contributed by atoms with Crippen molar-refractivity contribution in [2.45, 2.75) is 13.2 Å². The molecule has 0 amide bonds. The first-order chi connectivity index (χ1) is 12.5. The number of nitrogens with zero attached hydrogens (tertiary/aromatic N) is 5. The number of aryl methyl sites for hydroxylation is 1. The lowest BCUT2D eigenvalue weighted by atomic mass is 10.2. The Morgan fingerprint density at radius 1 is 1.27 bits per heavy atom. The van der Waals surface area contributed by atoms with Gasteiger partial charge in [0.15, 0.2) is 11.5 Å². The van der Waals surface area contributed by atoms with Crippen LogP contribution in [-0.2, 0) is 24.9 Å². The van der Waals surface area contributed by atoms with E-state index in [4.69, 9.17) is 4.74 Å². The molecule has 3 aromatic heterocycles. The number of aromatic nitrogens is 5. The SMILES string of the molecule is COCc1nc(N(C)Cc2cc3cc(F)ccc3[nH]2)c2cnn(C)c2n1. The van der Waals surface area contributed by atoms with Gasteiger partial charge in [-0.2, -0.15) is 5.10 Å². The van der Waals surface area contributed by atoms with Gasteiger partial charge in [0.1, 0.15) is 18.2 Å². The van der Waals surface area contributed by atoms with E-state index >= 15 is 0 Å². The van der Waals surface area contributed by atoms with Crippen molar-refractivity contribution in [1.29, 1.82) is 0 Å². The van der Waals surface area contributed by atoms with Crippen molar-refractivity contribution in [3.8, 4) is 0 Å². The second kappa shape index (κ2) is 6.38. The number of rotatable bonds is 5. The predicted molar refractivity (Wildman–Crippen MR) is 97.4 cm³/mol. The normalized spacial score (nSPS) is 11.5. The Morgan fingerprint density at radius 2 is 2.12 bits per heavy atom. The molecule has 0 unspecified atom stereocenters. The maximum absolute atomic E-state index is 13.4. The smallest absolute Gasteiger partial charge is 0.163 e. The number of benzene rings is 1. The van der Waals surface area contributed by atoms with Gasteiger partial charge in [0.2, 0.25) is 0 Å². The molecule has 4 rings (SSSR count). The minimum atomic E-state index is -0.242. The predicted octanol–water partition coefficient (Wildman–Crippen LogP) is 2.77. The van der Waals surface area contributed by atoms with Crippen LogP contribution in [0, 0.1) is 5.82 Å². The molecule has 7 nitrogen and oxygen atoms in total. The van der Waals surface area contributed by atoms with Crippen LogP contribution in [0.3, 0.4) is 0 Å². The summed E-state index contributed by atoms with van der Waals surface area (Å²) in [5, 5.41) is 6.01. The molecule has 1 N–H and O–H groups in total. The van der Waals surface area contributed by atoms with Crippen LogP contribution in [-0.4, -0.2) is 38.9 Å². The first-order valence-electron chi connectivity index (χ1n) is 8.21. The van der Waals surface area contributed by atoms with Gasteiger partial charge in [-0.15, -0.1) is 0 Å². The van der Waals surface area contributed by atoms with Crippen molar-refractivity contribution in [2.24, 2.45) is 7.05 Å². The molecule has 0 bridgehead atoms. The van der Waals surface area contributed by atoms with Crippen LogP contribution in [0.4, 0.5) is 10.2 Å². The van der Waals surface area contributed by atoms with Crippen LogP contribution >= 0.6 is 0 Å². The van der Waals surface area contributed by atoms with Gasteiger partial charge in [-0.1, -0.05) is 0 Å². The Kier molecular flexibility index (Phi) is 4.04. The summed E-state index contributed by atoms with van der Waals surface area (Å²) in [6.45, 7) is 0.914. The maximum atomic E-state index is 13.4. The Morgan fingerprint density at radius 3 is 2.92 bits per heavy atom. The molecule has 0 fully saturated rings. The minimum Gasteiger partial charge on any atom is -0.377 e. The average molecular weight is 354 g/mol. The van der Waals surface area contributed by atoms with E-state index in [2.05, 4.69) is 20.1 Å². The number of fused-ring (bicyclic) bond motifs is 2. The lowest BCUT2D eigenvalue weighted by Gasteiger charge is -2.19. The number of anilines is 1. The number of aromatic amines is 1. The third kappa shape index (κ3) is 2.88. The molecule has 0 spiro atoms. The molecule has 0 aliphatic heterocycles. The summed E-state index contributed by atoms with van der Waals surface area (Å²) in [6.07, 6.45) is 1.76. The van der Waals surface area contributed by atoms with Crippen LogP contribution in [0.15, 0.2) is 30.5 Å². The fraction of sp³-hybridized carbons (Fsp3) is 0.278. The molecule has 0 aliphatic rings. The molecular weight excluding hydrogens is 335 g/mol. The second-order valence-electron chi connectivity index (χ2n) is 6.28. The van der Waals surface area contributed by atoms with Crippen LogP contribution in [0.5, 0.6) is 0 Å². The second-order valence-corrected chi connectivity index (χ2v) is 6.28. The highest BCUT2D eigenvalue weighted by Crippen LogP contribution is 2.25. The van der Waals surface area contributed by atoms with Gasteiger partial charge >= 0.3 is 0 Å². The van der Waals surface area contributed by atoms with Gasteiger partial charge in [-0.05, 0) is 24.3 Å². The Balaban J connectivity index is 1.71. The molecule has 134 valence electrons. The van der Waals surface area contributed by atoms with E-state index in [9.17, 15) is 4.39 Å². The Labute approximate surface area is 149 Å². The van der Waals surface area contributed by atoms with E-state index in [0.29, 0.717) is 19.0 Å². The standard InChI is InChI=1S/C18H19FN6O/c1-24(9-13-7-11-6-12(19)4-5-15(11)21-13)17-14-8-20-25(2)18(14)23-16(22-17)10-26-3/h4-8,21H,9-10H2,1-3H3. The Hall–Kier alpha value is -3.00. The van der Waals surface area contributed by atoms with E-state index in [1.807, 2.05) is 25.1 Å². The highest BCUT2D eigenvalue weighted by Gasteiger charge is 2.16. The van der Waals surface area contributed by atoms with Crippen molar-refractivity contribution in [2.75, 3.05) is 19.1 Å². The molecule has 8 heteroatoms. The zero-order valence-electron chi connectivity index (χ0n) is 14.8. The lowest BCUT2D eigenvalue weighted by Crippen LogP contribution is -2.19. The third-order valence-electron chi connectivity index (χ3n) is 4.30. The van der Waals surface area contributed by atoms with Gasteiger partial charge < -0.3 is 14.6 Å². The van der Waals surface area contributed by atoms with E-state index in [-0.39, 0.29) is 5.82 Å². The first-order valence-corrected chi connectivity index (χ1v) is 8.21. The monoisotopic (exact) mass is 354 g/mol. The fourth-order valence-electron chi connectivity index (χ4n) is 3.11. The molecule has 0 aliphatic carbocycles. The van der Waals surface area contributed by atoms with Gasteiger partial charge in [0.05, 0.1) is 18.1 Å². The van der Waals surface area contributed by atoms with Crippen molar-refractivity contribution >= 4 is 27.8 Å². The van der Waals surface area contributed by atoms with Crippen LogP contribution in [0.1, 0.15) is 11.5 Å². The highest BCUT2D eigenvalue weighted by atomic mass is 19.1. The zero-order chi connectivity index (χ0) is 18.3. The van der Waals surface area contributed by atoms with Crippen LogP contribution < -0.4 is 4.90 Å². The lowest BCUT2D eigenvalue weighted by molar-refractivity contribution is 0.178. The molecule has 26 heavy (non-hydrogen) atoms. The number of hydrogen-bond donors (Lipinski definition) is 1. The van der Waals surface area contributed by atoms with Crippen molar-refractivity contribution < 1.29 is 9.13 Å². The number of hydrogen-bond acceptors (Lipinski definition) is 5. The third-order valence-corrected chi connectivity index (χ3v) is 4.30. The Bertz CT molecular complexity index is 1090. The van der Waals surface area contributed by atoms with Gasteiger partial charge in [0.25, 0.3) is 0 Å². The molecular formula is C18H19FN6O. The molecule has 0 saturated heterocycles. The summed E-state index contributed by atoms with van der Waals surface area (Å²) >= 11 is 0. The van der Waals surface area contributed by atoms with E-state index in [1.54, 1.807) is 24.1 Å².